The molecule has 2 amide bonds. The molecule has 2 fully saturated rings. The highest BCUT2D eigenvalue weighted by atomic mass is 16.6. The van der Waals surface area contributed by atoms with Crippen LogP contribution in [-0.2, 0) is 14.3 Å². The lowest BCUT2D eigenvalue weighted by Gasteiger charge is -2.36. The van der Waals surface area contributed by atoms with Gasteiger partial charge in [-0.05, 0) is 55.5 Å². The maximum Gasteiger partial charge on any atom is 0.410 e. The van der Waals surface area contributed by atoms with Crippen molar-refractivity contribution in [2.24, 2.45) is 0 Å². The van der Waals surface area contributed by atoms with E-state index in [2.05, 4.69) is 35.7 Å². The molecule has 1 unspecified atom stereocenters. The van der Waals surface area contributed by atoms with Crippen LogP contribution in [0.1, 0.15) is 32.3 Å². The number of hydrogen-bond donors (Lipinski definition) is 1. The van der Waals surface area contributed by atoms with Gasteiger partial charge in [-0.25, -0.2) is 9.78 Å². The highest BCUT2D eigenvalue weighted by molar-refractivity contribution is 6.38. The minimum atomic E-state index is -0.723. The second-order valence-electron chi connectivity index (χ2n) is 13.6. The Morgan fingerprint density at radius 1 is 0.863 bits per heavy atom. The van der Waals surface area contributed by atoms with Crippen LogP contribution in [0.3, 0.4) is 0 Å². The number of nitrogens with one attached hydrogen (secondary N) is 1. The number of piperazine rings is 2. The van der Waals surface area contributed by atoms with E-state index in [4.69, 9.17) is 9.47 Å². The van der Waals surface area contributed by atoms with Crippen molar-refractivity contribution in [1.82, 2.24) is 40.0 Å². The first-order chi connectivity index (χ1) is 24.6. The zero-order valence-corrected chi connectivity index (χ0v) is 29.2. The molecule has 0 spiro atoms. The van der Waals surface area contributed by atoms with Crippen molar-refractivity contribution >= 4 is 35.1 Å². The summed E-state index contributed by atoms with van der Waals surface area (Å²) in [5.74, 6) is -0.179. The van der Waals surface area contributed by atoms with Gasteiger partial charge >= 0.3 is 6.09 Å². The van der Waals surface area contributed by atoms with Gasteiger partial charge in [0.15, 0.2) is 5.82 Å². The lowest BCUT2D eigenvalue weighted by atomic mass is 9.94. The van der Waals surface area contributed by atoms with Crippen LogP contribution in [0.4, 0.5) is 22.1 Å². The van der Waals surface area contributed by atoms with Crippen LogP contribution in [0.5, 0.6) is 5.75 Å². The molecule has 266 valence electrons. The zero-order valence-electron chi connectivity index (χ0n) is 29.2. The molecule has 7 rings (SSSR count). The van der Waals surface area contributed by atoms with Crippen molar-refractivity contribution < 1.29 is 23.9 Å². The Balaban J connectivity index is 1.01. The van der Waals surface area contributed by atoms with Crippen molar-refractivity contribution in [3.8, 4) is 22.8 Å². The van der Waals surface area contributed by atoms with Gasteiger partial charge in [-0.1, -0.05) is 23.3 Å². The Hall–Kier alpha value is -5.80. The summed E-state index contributed by atoms with van der Waals surface area (Å²) in [6.45, 7) is 9.98. The molecule has 16 nitrogen and oxygen atoms in total. The number of amides is 2. The van der Waals surface area contributed by atoms with E-state index in [1.165, 1.54) is 7.11 Å². The van der Waals surface area contributed by atoms with E-state index in [-0.39, 0.29) is 12.6 Å². The molecule has 1 atom stereocenters. The third-order valence-corrected chi connectivity index (χ3v) is 9.27. The quantitative estimate of drug-likeness (QED) is 0.281. The predicted molar refractivity (Wildman–Crippen MR) is 188 cm³/mol. The van der Waals surface area contributed by atoms with Crippen LogP contribution >= 0.6 is 0 Å². The van der Waals surface area contributed by atoms with E-state index in [1.807, 2.05) is 68.1 Å². The number of carbonyl (C=O) groups is 3. The van der Waals surface area contributed by atoms with Gasteiger partial charge in [-0.15, -0.1) is 0 Å². The first-order valence-electron chi connectivity index (χ1n) is 17.0. The van der Waals surface area contributed by atoms with Gasteiger partial charge in [-0.3, -0.25) is 14.6 Å². The van der Waals surface area contributed by atoms with Crippen molar-refractivity contribution in [2.75, 3.05) is 81.1 Å². The predicted octanol–water partition coefficient (Wildman–Crippen LogP) is 2.61. The summed E-state index contributed by atoms with van der Waals surface area (Å²) in [5.41, 5.74) is 3.36. The number of carbonyl (C=O) groups excluding carboxylic acids is 3. The minimum absolute atomic E-state index is 0.258. The molecule has 3 aliphatic heterocycles. The van der Waals surface area contributed by atoms with Crippen molar-refractivity contribution in [2.45, 2.75) is 32.3 Å². The van der Waals surface area contributed by atoms with Gasteiger partial charge in [0.25, 0.3) is 11.9 Å². The highest BCUT2D eigenvalue weighted by Gasteiger charge is 2.40. The summed E-state index contributed by atoms with van der Waals surface area (Å²) in [5, 5.41) is 15.4. The van der Waals surface area contributed by atoms with E-state index < -0.39 is 23.2 Å². The molecule has 0 saturated carbocycles. The number of nitrogens with zero attached hydrogens (tertiary/aromatic N) is 10. The molecule has 6 heterocycles. The molecular weight excluding hydrogens is 654 g/mol. The number of Topliss-reactive ketones (excluding diaryl/α,β-unsaturated/α-hetero) is 1. The molecule has 0 bridgehead atoms. The summed E-state index contributed by atoms with van der Waals surface area (Å²) in [6.07, 6.45) is 2.99. The van der Waals surface area contributed by atoms with Gasteiger partial charge in [0, 0.05) is 81.9 Å². The molecule has 4 aromatic rings. The molecule has 16 heteroatoms. The van der Waals surface area contributed by atoms with E-state index in [0.717, 1.165) is 11.3 Å². The van der Waals surface area contributed by atoms with Crippen LogP contribution in [0.2, 0.25) is 0 Å². The third-order valence-electron chi connectivity index (χ3n) is 9.27. The van der Waals surface area contributed by atoms with Crippen molar-refractivity contribution in [3.63, 3.8) is 0 Å². The first kappa shape index (κ1) is 33.7. The smallest absolute Gasteiger partial charge is 0.410 e. The van der Waals surface area contributed by atoms with E-state index in [0.29, 0.717) is 86.8 Å². The fourth-order valence-corrected chi connectivity index (χ4v) is 6.67. The molecule has 51 heavy (non-hydrogen) atoms. The van der Waals surface area contributed by atoms with Crippen LogP contribution < -0.4 is 19.9 Å². The fraction of sp³-hybridized carbons (Fsp3) is 0.429. The van der Waals surface area contributed by atoms with Crippen molar-refractivity contribution in [1.29, 1.82) is 0 Å². The second kappa shape index (κ2) is 13.8. The fourth-order valence-electron chi connectivity index (χ4n) is 6.67. The second-order valence-corrected chi connectivity index (χ2v) is 13.6. The summed E-state index contributed by atoms with van der Waals surface area (Å²) in [7, 11) is 1.54. The van der Waals surface area contributed by atoms with Crippen molar-refractivity contribution in [3.05, 3.63) is 60.4 Å². The summed E-state index contributed by atoms with van der Waals surface area (Å²) >= 11 is 0. The van der Waals surface area contributed by atoms with Crippen LogP contribution in [0.15, 0.2) is 54.9 Å². The number of methoxy groups -OCH3 is 1. The standard InChI is InChI=1S/C35H41N11O5/c1-35(2,3)51-34(49)45-19-13-42(14-20-45)24-10-8-23(9-11-24)29-30-28(26(50-4)22-38-29)25(21-37-30)31(47)32(48)43-15-17-44(18-16-43)33-39-40-41-46(33)27-7-5-6-12-36-27/h5-12,22,25,37H,13-21H2,1-4H3. The number of benzene rings is 1. The number of aromatic nitrogens is 6. The number of anilines is 3. The Bertz CT molecular complexity index is 1900. The number of ketones is 1. The molecule has 0 radical (unpaired) electrons. The molecular formula is C35H41N11O5. The molecule has 3 aromatic heterocycles. The van der Waals surface area contributed by atoms with E-state index in [9.17, 15) is 14.4 Å². The number of pyridine rings is 2. The minimum Gasteiger partial charge on any atom is -0.495 e. The van der Waals surface area contributed by atoms with Gasteiger partial charge in [0.1, 0.15) is 11.4 Å². The number of tetrazole rings is 1. The monoisotopic (exact) mass is 695 g/mol. The SMILES string of the molecule is COc1cnc(-c2ccc(N3CCN(C(=O)OC(C)(C)C)CC3)cc2)c2c1C(C(=O)C(=O)N1CCN(c3nnnn3-c3ccccn3)CC1)CN2. The summed E-state index contributed by atoms with van der Waals surface area (Å²) in [4.78, 5) is 56.5. The Labute approximate surface area is 295 Å². The largest absolute Gasteiger partial charge is 0.495 e. The maximum atomic E-state index is 13.8. The molecule has 1 N–H and O–H groups in total. The van der Waals surface area contributed by atoms with Crippen LogP contribution in [0.25, 0.3) is 17.1 Å². The highest BCUT2D eigenvalue weighted by Crippen LogP contribution is 2.44. The number of rotatable bonds is 7. The number of hydrogen-bond acceptors (Lipinski definition) is 13. The van der Waals surface area contributed by atoms with E-state index in [1.54, 1.807) is 26.9 Å². The summed E-state index contributed by atoms with van der Waals surface area (Å²) in [6, 6.07) is 13.6. The normalized spacial score (nSPS) is 17.5. The topological polar surface area (TPSA) is 164 Å². The molecule has 3 aliphatic rings. The first-order valence-corrected chi connectivity index (χ1v) is 17.0. The lowest BCUT2D eigenvalue weighted by molar-refractivity contribution is -0.145. The van der Waals surface area contributed by atoms with Crippen LogP contribution in [-0.4, -0.2) is 129 Å². The Morgan fingerprint density at radius 3 is 2.24 bits per heavy atom. The van der Waals surface area contributed by atoms with E-state index >= 15 is 0 Å². The maximum absolute atomic E-state index is 13.8. The van der Waals surface area contributed by atoms with Gasteiger partial charge in [0.2, 0.25) is 5.78 Å². The van der Waals surface area contributed by atoms with Gasteiger partial charge < -0.3 is 34.4 Å². The molecule has 2 saturated heterocycles. The lowest BCUT2D eigenvalue weighted by Crippen LogP contribution is -2.52. The van der Waals surface area contributed by atoms with Gasteiger partial charge in [0.05, 0.1) is 30.6 Å². The van der Waals surface area contributed by atoms with Gasteiger partial charge in [-0.2, -0.15) is 4.68 Å². The molecule has 0 aliphatic carbocycles. The Morgan fingerprint density at radius 2 is 1.57 bits per heavy atom. The molecule has 1 aromatic carbocycles. The average molecular weight is 696 g/mol. The Kier molecular flexibility index (Phi) is 9.14. The number of ether oxygens (including phenoxy) is 2. The zero-order chi connectivity index (χ0) is 35.7. The average Bonchev–Trinajstić information content (AvgIpc) is 3.83. The third kappa shape index (κ3) is 6.85. The number of fused-ring (bicyclic) bond motifs is 1. The summed E-state index contributed by atoms with van der Waals surface area (Å²) < 4.78 is 12.7. The van der Waals surface area contributed by atoms with Crippen LogP contribution in [0, 0.1) is 0 Å².